The summed E-state index contributed by atoms with van der Waals surface area (Å²) in [6.07, 6.45) is 0.639. The van der Waals surface area contributed by atoms with Crippen LogP contribution >= 0.6 is 0 Å². The summed E-state index contributed by atoms with van der Waals surface area (Å²) in [5.41, 5.74) is 1.73. The second-order valence-corrected chi connectivity index (χ2v) is 4.68. The van der Waals surface area contributed by atoms with Crippen LogP contribution in [-0.4, -0.2) is 17.3 Å². The van der Waals surface area contributed by atoms with Crippen LogP contribution in [0.3, 0.4) is 0 Å². The van der Waals surface area contributed by atoms with E-state index in [1.165, 1.54) is 5.56 Å². The lowest BCUT2D eigenvalue weighted by Gasteiger charge is -2.17. The molecule has 0 aliphatic carbocycles. The smallest absolute Gasteiger partial charge is 0.122 e. The molecular weight excluding hydrogens is 188 g/mol. The van der Waals surface area contributed by atoms with Crippen molar-refractivity contribution in [2.24, 2.45) is 0 Å². The lowest BCUT2D eigenvalue weighted by Crippen LogP contribution is -2.21. The van der Waals surface area contributed by atoms with Crippen LogP contribution in [0, 0.1) is 13.8 Å². The first-order valence-corrected chi connectivity index (χ1v) is 5.31. The molecule has 0 heterocycles. The second-order valence-electron chi connectivity index (χ2n) is 4.68. The average Bonchev–Trinajstić information content (AvgIpc) is 2.07. The highest BCUT2D eigenvalue weighted by molar-refractivity contribution is 5.35. The highest BCUT2D eigenvalue weighted by Gasteiger charge is 2.12. The Morgan fingerprint density at radius 1 is 1.27 bits per heavy atom. The Balaban J connectivity index is 2.51. The Morgan fingerprint density at radius 3 is 2.47 bits per heavy atom. The molecule has 2 nitrogen and oxygen atoms in total. The van der Waals surface area contributed by atoms with Crippen LogP contribution in [0.4, 0.5) is 0 Å². The minimum atomic E-state index is -0.654. The van der Waals surface area contributed by atoms with E-state index >= 15 is 0 Å². The third kappa shape index (κ3) is 4.34. The molecule has 2 heteroatoms. The fourth-order valence-electron chi connectivity index (χ4n) is 1.37. The minimum absolute atomic E-state index is 0.549. The molecular formula is C13H20O2. The second kappa shape index (κ2) is 4.67. The van der Waals surface area contributed by atoms with E-state index in [0.29, 0.717) is 13.0 Å². The van der Waals surface area contributed by atoms with Gasteiger partial charge in [0, 0.05) is 6.42 Å². The van der Waals surface area contributed by atoms with Gasteiger partial charge in [-0.05, 0) is 39.3 Å². The molecule has 0 atom stereocenters. The number of aryl methyl sites for hydroxylation is 2. The third-order valence-corrected chi connectivity index (χ3v) is 2.30. The first-order chi connectivity index (χ1) is 6.88. The molecule has 0 spiro atoms. The predicted molar refractivity (Wildman–Crippen MR) is 62.3 cm³/mol. The summed E-state index contributed by atoms with van der Waals surface area (Å²) < 4.78 is 5.61. The van der Waals surface area contributed by atoms with E-state index in [1.54, 1.807) is 13.8 Å². The number of hydrogen-bond donors (Lipinski definition) is 1. The van der Waals surface area contributed by atoms with Gasteiger partial charge in [0.05, 0.1) is 12.2 Å². The number of benzene rings is 1. The van der Waals surface area contributed by atoms with Crippen molar-refractivity contribution in [3.8, 4) is 5.75 Å². The SMILES string of the molecule is Cc1ccc(OCCC(C)(C)O)c(C)c1. The molecule has 0 aliphatic rings. The lowest BCUT2D eigenvalue weighted by molar-refractivity contribution is 0.0552. The summed E-state index contributed by atoms with van der Waals surface area (Å²) in [6, 6.07) is 6.11. The van der Waals surface area contributed by atoms with Crippen LogP contribution in [0.15, 0.2) is 18.2 Å². The van der Waals surface area contributed by atoms with Gasteiger partial charge in [-0.1, -0.05) is 17.7 Å². The van der Waals surface area contributed by atoms with Crippen molar-refractivity contribution in [1.29, 1.82) is 0 Å². The summed E-state index contributed by atoms with van der Waals surface area (Å²) in [4.78, 5) is 0. The van der Waals surface area contributed by atoms with E-state index in [0.717, 1.165) is 11.3 Å². The summed E-state index contributed by atoms with van der Waals surface area (Å²) in [5.74, 6) is 0.907. The first kappa shape index (κ1) is 12.1. The van der Waals surface area contributed by atoms with Crippen molar-refractivity contribution < 1.29 is 9.84 Å². The topological polar surface area (TPSA) is 29.5 Å². The third-order valence-electron chi connectivity index (χ3n) is 2.30. The van der Waals surface area contributed by atoms with Crippen molar-refractivity contribution in [2.75, 3.05) is 6.61 Å². The monoisotopic (exact) mass is 208 g/mol. The Morgan fingerprint density at radius 2 is 1.93 bits per heavy atom. The molecule has 0 unspecified atom stereocenters. The molecule has 0 saturated carbocycles. The van der Waals surface area contributed by atoms with Crippen LogP contribution in [0.25, 0.3) is 0 Å². The number of aliphatic hydroxyl groups is 1. The van der Waals surface area contributed by atoms with E-state index in [2.05, 4.69) is 13.0 Å². The van der Waals surface area contributed by atoms with Gasteiger partial charge in [0.1, 0.15) is 5.75 Å². The molecule has 1 N–H and O–H groups in total. The van der Waals surface area contributed by atoms with Crippen LogP contribution in [-0.2, 0) is 0 Å². The van der Waals surface area contributed by atoms with Gasteiger partial charge in [0.2, 0.25) is 0 Å². The van der Waals surface area contributed by atoms with E-state index in [9.17, 15) is 5.11 Å². The van der Waals surface area contributed by atoms with Crippen LogP contribution in [0.2, 0.25) is 0 Å². The predicted octanol–water partition coefficient (Wildman–Crippen LogP) is 2.84. The highest BCUT2D eigenvalue weighted by atomic mass is 16.5. The number of ether oxygens (including phenoxy) is 1. The van der Waals surface area contributed by atoms with Gasteiger partial charge in [0.15, 0.2) is 0 Å². The van der Waals surface area contributed by atoms with Gasteiger partial charge in [0.25, 0.3) is 0 Å². The van der Waals surface area contributed by atoms with Crippen molar-refractivity contribution in [2.45, 2.75) is 39.7 Å². The highest BCUT2D eigenvalue weighted by Crippen LogP contribution is 2.19. The quantitative estimate of drug-likeness (QED) is 0.824. The van der Waals surface area contributed by atoms with Crippen molar-refractivity contribution in [3.05, 3.63) is 29.3 Å². The van der Waals surface area contributed by atoms with Crippen LogP contribution in [0.5, 0.6) is 5.75 Å². The molecule has 0 saturated heterocycles. The molecule has 0 radical (unpaired) electrons. The molecule has 1 aromatic rings. The molecule has 1 aromatic carbocycles. The summed E-state index contributed by atoms with van der Waals surface area (Å²) >= 11 is 0. The maximum Gasteiger partial charge on any atom is 0.122 e. The normalized spacial score (nSPS) is 11.5. The van der Waals surface area contributed by atoms with Crippen molar-refractivity contribution in [1.82, 2.24) is 0 Å². The van der Waals surface area contributed by atoms with E-state index in [4.69, 9.17) is 4.74 Å². The van der Waals surface area contributed by atoms with Gasteiger partial charge in [-0.3, -0.25) is 0 Å². The average molecular weight is 208 g/mol. The Hall–Kier alpha value is -1.02. The molecule has 15 heavy (non-hydrogen) atoms. The van der Waals surface area contributed by atoms with Gasteiger partial charge in [-0.2, -0.15) is 0 Å². The van der Waals surface area contributed by atoms with Crippen LogP contribution in [0.1, 0.15) is 31.4 Å². The largest absolute Gasteiger partial charge is 0.493 e. The minimum Gasteiger partial charge on any atom is -0.493 e. The fraction of sp³-hybridized carbons (Fsp3) is 0.538. The maximum absolute atomic E-state index is 9.53. The zero-order chi connectivity index (χ0) is 11.5. The molecule has 0 amide bonds. The molecule has 0 aliphatic heterocycles. The van der Waals surface area contributed by atoms with E-state index in [-0.39, 0.29) is 0 Å². The van der Waals surface area contributed by atoms with Crippen molar-refractivity contribution >= 4 is 0 Å². The standard InChI is InChI=1S/C13H20O2/c1-10-5-6-12(11(2)9-10)15-8-7-13(3,4)14/h5-6,9,14H,7-8H2,1-4H3. The number of rotatable bonds is 4. The molecule has 1 rings (SSSR count). The maximum atomic E-state index is 9.53. The van der Waals surface area contributed by atoms with Gasteiger partial charge >= 0.3 is 0 Å². The Labute approximate surface area is 91.9 Å². The van der Waals surface area contributed by atoms with Crippen molar-refractivity contribution in [3.63, 3.8) is 0 Å². The van der Waals surface area contributed by atoms with Gasteiger partial charge < -0.3 is 9.84 Å². The summed E-state index contributed by atoms with van der Waals surface area (Å²) in [7, 11) is 0. The van der Waals surface area contributed by atoms with E-state index < -0.39 is 5.60 Å². The summed E-state index contributed by atoms with van der Waals surface area (Å²) in [5, 5.41) is 9.53. The first-order valence-electron chi connectivity index (χ1n) is 5.31. The lowest BCUT2D eigenvalue weighted by atomic mass is 10.1. The molecule has 0 bridgehead atoms. The summed E-state index contributed by atoms with van der Waals surface area (Å²) in [6.45, 7) is 8.23. The van der Waals surface area contributed by atoms with Gasteiger partial charge in [-0.25, -0.2) is 0 Å². The molecule has 0 fully saturated rings. The van der Waals surface area contributed by atoms with E-state index in [1.807, 2.05) is 19.1 Å². The van der Waals surface area contributed by atoms with Gasteiger partial charge in [-0.15, -0.1) is 0 Å². The zero-order valence-corrected chi connectivity index (χ0v) is 10.0. The zero-order valence-electron chi connectivity index (χ0n) is 10.0. The Kier molecular flexibility index (Phi) is 3.75. The number of hydrogen-bond acceptors (Lipinski definition) is 2. The Bertz CT molecular complexity index is 324. The molecule has 0 aromatic heterocycles. The molecule has 84 valence electrons. The van der Waals surface area contributed by atoms with Crippen LogP contribution < -0.4 is 4.74 Å². The fourth-order valence-corrected chi connectivity index (χ4v) is 1.37.